The first-order valence-electron chi connectivity index (χ1n) is 9.27. The first-order chi connectivity index (χ1) is 12.5. The van der Waals surface area contributed by atoms with Gasteiger partial charge in [-0.05, 0) is 43.0 Å². The summed E-state index contributed by atoms with van der Waals surface area (Å²) in [6.07, 6.45) is 2.14. The number of nitrogens with two attached hydrogens (primary N) is 1. The monoisotopic (exact) mass is 396 g/mol. The first kappa shape index (κ1) is 21.7. The largest absolute Gasteiger partial charge is 0.371 e. The maximum absolute atomic E-state index is 13.2. The minimum absolute atomic E-state index is 0.130. The van der Waals surface area contributed by atoms with Gasteiger partial charge in [0.2, 0.25) is 10.0 Å². The van der Waals surface area contributed by atoms with Crippen LogP contribution in [0.3, 0.4) is 0 Å². The first-order valence-corrected chi connectivity index (χ1v) is 10.7. The summed E-state index contributed by atoms with van der Waals surface area (Å²) in [4.78, 5) is 17.1. The van der Waals surface area contributed by atoms with Crippen molar-refractivity contribution in [3.63, 3.8) is 0 Å². The predicted molar refractivity (Wildman–Crippen MR) is 109 cm³/mol. The third-order valence-electron chi connectivity index (χ3n) is 4.99. The molecule has 0 radical (unpaired) electrons. The standard InChI is InChI=1S/C19H32N4O3S/c1-19(2,13-20)14-22(5)18(24)16-12-15(27(25,26)21(3)4)8-9-17(16)23-10-6-7-11-23/h8-9,12H,6-7,10-11,13-14,20H2,1-5H3. The van der Waals surface area contributed by atoms with Crippen molar-refractivity contribution in [2.75, 3.05) is 52.2 Å². The molecule has 0 unspecified atom stereocenters. The summed E-state index contributed by atoms with van der Waals surface area (Å²) in [5, 5.41) is 0. The lowest BCUT2D eigenvalue weighted by molar-refractivity contribution is 0.0741. The molecule has 0 bridgehead atoms. The number of sulfonamides is 1. The Hall–Kier alpha value is -1.64. The highest BCUT2D eigenvalue weighted by Gasteiger charge is 2.28. The van der Waals surface area contributed by atoms with Gasteiger partial charge in [-0.2, -0.15) is 0 Å². The molecule has 7 nitrogen and oxygen atoms in total. The molecular formula is C19H32N4O3S. The van der Waals surface area contributed by atoms with E-state index in [1.807, 2.05) is 13.8 Å². The van der Waals surface area contributed by atoms with Crippen LogP contribution in [0.25, 0.3) is 0 Å². The van der Waals surface area contributed by atoms with Gasteiger partial charge in [-0.1, -0.05) is 13.8 Å². The van der Waals surface area contributed by atoms with Crippen molar-refractivity contribution in [3.8, 4) is 0 Å². The molecule has 152 valence electrons. The van der Waals surface area contributed by atoms with Crippen molar-refractivity contribution in [2.45, 2.75) is 31.6 Å². The molecule has 1 aliphatic heterocycles. The summed E-state index contributed by atoms with van der Waals surface area (Å²) in [5.41, 5.74) is 6.81. The fraction of sp³-hybridized carbons (Fsp3) is 0.632. The Balaban J connectivity index is 2.47. The van der Waals surface area contributed by atoms with E-state index in [1.165, 1.54) is 20.2 Å². The zero-order valence-electron chi connectivity index (χ0n) is 17.0. The van der Waals surface area contributed by atoms with Crippen LogP contribution in [0.15, 0.2) is 23.1 Å². The zero-order chi connectivity index (χ0) is 20.4. The molecule has 1 aromatic rings. The lowest BCUT2D eigenvalue weighted by Gasteiger charge is -2.30. The van der Waals surface area contributed by atoms with Crippen LogP contribution in [0.5, 0.6) is 0 Å². The van der Waals surface area contributed by atoms with Crippen molar-refractivity contribution < 1.29 is 13.2 Å². The number of carbonyl (C=O) groups excluding carboxylic acids is 1. The fourth-order valence-electron chi connectivity index (χ4n) is 3.28. The summed E-state index contributed by atoms with van der Waals surface area (Å²) >= 11 is 0. The number of benzene rings is 1. The minimum Gasteiger partial charge on any atom is -0.371 e. The van der Waals surface area contributed by atoms with E-state index in [4.69, 9.17) is 5.73 Å². The summed E-state index contributed by atoms with van der Waals surface area (Å²) in [5.74, 6) is -0.186. The smallest absolute Gasteiger partial charge is 0.255 e. The van der Waals surface area contributed by atoms with Crippen molar-refractivity contribution in [2.24, 2.45) is 11.1 Å². The molecular weight excluding hydrogens is 364 g/mol. The molecule has 1 heterocycles. The van der Waals surface area contributed by atoms with Crippen LogP contribution in [0.1, 0.15) is 37.0 Å². The Kier molecular flexibility index (Phi) is 6.55. The summed E-state index contributed by atoms with van der Waals surface area (Å²) < 4.78 is 26.3. The van der Waals surface area contributed by atoms with E-state index in [0.29, 0.717) is 18.7 Å². The van der Waals surface area contributed by atoms with Gasteiger partial charge in [0.15, 0.2) is 0 Å². The molecule has 1 aromatic carbocycles. The van der Waals surface area contributed by atoms with Gasteiger partial charge in [0.1, 0.15) is 0 Å². The number of anilines is 1. The molecule has 0 spiro atoms. The van der Waals surface area contributed by atoms with Crippen molar-refractivity contribution >= 4 is 21.6 Å². The van der Waals surface area contributed by atoms with Crippen LogP contribution in [0, 0.1) is 5.41 Å². The van der Waals surface area contributed by atoms with E-state index in [-0.39, 0.29) is 16.2 Å². The second-order valence-corrected chi connectivity index (χ2v) is 10.3. The molecule has 1 fully saturated rings. The van der Waals surface area contributed by atoms with Crippen LogP contribution in [-0.2, 0) is 10.0 Å². The van der Waals surface area contributed by atoms with E-state index in [0.717, 1.165) is 35.9 Å². The topological polar surface area (TPSA) is 86.9 Å². The molecule has 0 atom stereocenters. The number of nitrogens with zero attached hydrogens (tertiary/aromatic N) is 3. The van der Waals surface area contributed by atoms with Gasteiger partial charge >= 0.3 is 0 Å². The van der Waals surface area contributed by atoms with E-state index in [1.54, 1.807) is 24.1 Å². The van der Waals surface area contributed by atoms with Gasteiger partial charge in [-0.25, -0.2) is 12.7 Å². The molecule has 1 saturated heterocycles. The Morgan fingerprint density at radius 2 is 1.78 bits per heavy atom. The molecule has 2 rings (SSSR count). The number of rotatable bonds is 7. The molecule has 2 N–H and O–H groups in total. The summed E-state index contributed by atoms with van der Waals surface area (Å²) in [6, 6.07) is 4.86. The van der Waals surface area contributed by atoms with Crippen LogP contribution in [-0.4, -0.2) is 70.9 Å². The molecule has 8 heteroatoms. The number of hydrogen-bond donors (Lipinski definition) is 1. The molecule has 1 amide bonds. The number of amides is 1. The quantitative estimate of drug-likeness (QED) is 0.756. The maximum atomic E-state index is 13.2. The van der Waals surface area contributed by atoms with Gasteiger partial charge in [-0.3, -0.25) is 4.79 Å². The average Bonchev–Trinajstić information content (AvgIpc) is 3.14. The van der Waals surface area contributed by atoms with Crippen molar-refractivity contribution in [3.05, 3.63) is 23.8 Å². The lowest BCUT2D eigenvalue weighted by atomic mass is 9.93. The number of hydrogen-bond acceptors (Lipinski definition) is 5. The van der Waals surface area contributed by atoms with Gasteiger partial charge in [0, 0.05) is 46.5 Å². The normalized spacial score (nSPS) is 15.4. The third-order valence-corrected chi connectivity index (χ3v) is 6.80. The minimum atomic E-state index is -3.61. The Bertz CT molecular complexity index is 784. The lowest BCUT2D eigenvalue weighted by Crippen LogP contribution is -2.40. The maximum Gasteiger partial charge on any atom is 0.255 e. The van der Waals surface area contributed by atoms with Crippen LogP contribution in [0.2, 0.25) is 0 Å². The van der Waals surface area contributed by atoms with E-state index in [2.05, 4.69) is 4.90 Å². The Morgan fingerprint density at radius 1 is 1.19 bits per heavy atom. The average molecular weight is 397 g/mol. The highest BCUT2D eigenvalue weighted by atomic mass is 32.2. The van der Waals surface area contributed by atoms with Gasteiger partial charge in [0.25, 0.3) is 5.91 Å². The van der Waals surface area contributed by atoms with Crippen molar-refractivity contribution in [1.82, 2.24) is 9.21 Å². The Morgan fingerprint density at radius 3 is 2.30 bits per heavy atom. The van der Waals surface area contributed by atoms with Crippen LogP contribution >= 0.6 is 0 Å². The van der Waals surface area contributed by atoms with E-state index >= 15 is 0 Å². The molecule has 1 aliphatic rings. The Labute approximate surface area is 163 Å². The summed E-state index contributed by atoms with van der Waals surface area (Å²) in [7, 11) is 1.10. The second-order valence-electron chi connectivity index (χ2n) is 8.19. The van der Waals surface area contributed by atoms with Crippen molar-refractivity contribution in [1.29, 1.82) is 0 Å². The molecule has 0 aromatic heterocycles. The third kappa shape index (κ3) is 4.80. The van der Waals surface area contributed by atoms with Crippen LogP contribution in [0.4, 0.5) is 5.69 Å². The zero-order valence-corrected chi connectivity index (χ0v) is 17.8. The van der Waals surface area contributed by atoms with E-state index in [9.17, 15) is 13.2 Å². The predicted octanol–water partition coefficient (Wildman–Crippen LogP) is 1.59. The summed E-state index contributed by atoms with van der Waals surface area (Å²) in [6.45, 7) is 6.71. The SMILES string of the molecule is CN(CC(C)(C)CN)C(=O)c1cc(S(=O)(=O)N(C)C)ccc1N1CCCC1. The van der Waals surface area contributed by atoms with Gasteiger partial charge < -0.3 is 15.5 Å². The molecule has 27 heavy (non-hydrogen) atoms. The highest BCUT2D eigenvalue weighted by molar-refractivity contribution is 7.89. The van der Waals surface area contributed by atoms with Crippen LogP contribution < -0.4 is 10.6 Å². The van der Waals surface area contributed by atoms with Gasteiger partial charge in [-0.15, -0.1) is 0 Å². The number of carbonyl (C=O) groups is 1. The molecule has 0 saturated carbocycles. The highest BCUT2D eigenvalue weighted by Crippen LogP contribution is 2.29. The van der Waals surface area contributed by atoms with E-state index < -0.39 is 10.0 Å². The second kappa shape index (κ2) is 8.16. The molecule has 0 aliphatic carbocycles. The van der Waals surface area contributed by atoms with Gasteiger partial charge in [0.05, 0.1) is 10.5 Å². The fourth-order valence-corrected chi connectivity index (χ4v) is 4.20.